The van der Waals surface area contributed by atoms with E-state index in [9.17, 15) is 35.1 Å². The summed E-state index contributed by atoms with van der Waals surface area (Å²) in [6, 6.07) is -1.07. The molecule has 1 saturated heterocycles. The molecule has 0 aromatic heterocycles. The first-order valence-electron chi connectivity index (χ1n) is 27.9. The fourth-order valence-electron chi connectivity index (χ4n) is 8.14. The second-order valence-corrected chi connectivity index (χ2v) is 19.0. The molecule has 70 heavy (non-hydrogen) atoms. The maximum Gasteiger partial charge on any atom is 0.306 e. The van der Waals surface area contributed by atoms with Gasteiger partial charge in [-0.3, -0.25) is 9.59 Å². The number of unbranched alkanes of at least 4 members (excludes halogenated alkanes) is 20. The molecule has 6 N–H and O–H groups in total. The van der Waals surface area contributed by atoms with Gasteiger partial charge in [-0.05, 0) is 57.8 Å². The highest BCUT2D eigenvalue weighted by Gasteiger charge is 2.47. The van der Waals surface area contributed by atoms with Crippen molar-refractivity contribution in [2.45, 2.75) is 262 Å². The third-order valence-electron chi connectivity index (χ3n) is 12.6. The van der Waals surface area contributed by atoms with Crippen LogP contribution in [0, 0.1) is 0 Å². The number of nitrogens with one attached hydrogen (secondary N) is 1. The first-order chi connectivity index (χ1) is 34.2. The van der Waals surface area contributed by atoms with E-state index in [1.807, 2.05) is 18.2 Å². The molecular formula is C59H101NO10. The van der Waals surface area contributed by atoms with E-state index in [0.717, 1.165) is 77.0 Å². The molecule has 8 atom stereocenters. The number of aliphatic hydroxyl groups excluding tert-OH is 5. The Balaban J connectivity index is 2.81. The number of esters is 1. The van der Waals surface area contributed by atoms with Crippen molar-refractivity contribution >= 4 is 11.9 Å². The average molecular weight is 984 g/mol. The maximum absolute atomic E-state index is 13.3. The molecule has 0 saturated carbocycles. The number of hydrogen-bond acceptors (Lipinski definition) is 10. The Hall–Kier alpha value is -3.16. The molecule has 0 aromatic rings. The van der Waals surface area contributed by atoms with Gasteiger partial charge in [-0.1, -0.05) is 228 Å². The number of allylic oxidation sites excluding steroid dienone is 12. The summed E-state index contributed by atoms with van der Waals surface area (Å²) in [5.74, 6) is -1.29. The largest absolute Gasteiger partial charge is 0.454 e. The number of carbonyl (C=O) groups is 2. The van der Waals surface area contributed by atoms with Gasteiger partial charge in [0.25, 0.3) is 0 Å². The summed E-state index contributed by atoms with van der Waals surface area (Å²) in [6.07, 6.45) is 49.4. The van der Waals surface area contributed by atoms with E-state index in [-0.39, 0.29) is 19.4 Å². The molecule has 11 nitrogen and oxygen atoms in total. The maximum atomic E-state index is 13.3. The van der Waals surface area contributed by atoms with Crippen LogP contribution in [0.5, 0.6) is 0 Å². The van der Waals surface area contributed by atoms with Crippen molar-refractivity contribution in [2.75, 3.05) is 13.2 Å². The fraction of sp³-hybridized carbons (Fsp3) is 0.729. The molecule has 0 radical (unpaired) electrons. The summed E-state index contributed by atoms with van der Waals surface area (Å²) in [5.41, 5.74) is 0. The fourth-order valence-corrected chi connectivity index (χ4v) is 8.14. The van der Waals surface area contributed by atoms with E-state index in [1.165, 1.54) is 89.9 Å². The Kier molecular flexibility index (Phi) is 43.4. The van der Waals surface area contributed by atoms with E-state index in [4.69, 9.17) is 14.2 Å². The van der Waals surface area contributed by atoms with E-state index in [1.54, 1.807) is 12.2 Å². The molecule has 8 unspecified atom stereocenters. The Labute approximate surface area is 425 Å². The molecule has 1 heterocycles. The third kappa shape index (κ3) is 35.0. The SMILES string of the molecule is CC/C=C\C/C=C\C/C=C\C/C=C\C/C=C\C/C=C\CC(O)C(=O)NC(COC1OC(CO)C(O)C(O)C1OC(=O)CCCCCCCCCCCCC)C(O)/C=C/CCCCCCCCCCCC. The molecule has 1 aliphatic heterocycles. The highest BCUT2D eigenvalue weighted by molar-refractivity contribution is 5.81. The zero-order chi connectivity index (χ0) is 51.1. The van der Waals surface area contributed by atoms with Crippen LogP contribution in [0.15, 0.2) is 85.1 Å². The number of ether oxygens (including phenoxy) is 3. The zero-order valence-corrected chi connectivity index (χ0v) is 44.1. The zero-order valence-electron chi connectivity index (χ0n) is 44.1. The highest BCUT2D eigenvalue weighted by Crippen LogP contribution is 2.26. The molecule has 0 spiro atoms. The minimum absolute atomic E-state index is 0.0555. The lowest BCUT2D eigenvalue weighted by Gasteiger charge is -2.41. The topological polar surface area (TPSA) is 175 Å². The van der Waals surface area contributed by atoms with Crippen molar-refractivity contribution in [3.63, 3.8) is 0 Å². The Morgan fingerprint density at radius 3 is 1.49 bits per heavy atom. The van der Waals surface area contributed by atoms with Crippen LogP contribution in [0.3, 0.4) is 0 Å². The van der Waals surface area contributed by atoms with Crippen LogP contribution >= 0.6 is 0 Å². The van der Waals surface area contributed by atoms with Gasteiger partial charge < -0.3 is 45.1 Å². The van der Waals surface area contributed by atoms with Gasteiger partial charge in [0.05, 0.1) is 25.4 Å². The van der Waals surface area contributed by atoms with Gasteiger partial charge in [-0.2, -0.15) is 0 Å². The molecule has 11 heteroatoms. The quantitative estimate of drug-likeness (QED) is 0.0196. The first kappa shape index (κ1) is 64.9. The Morgan fingerprint density at radius 1 is 0.571 bits per heavy atom. The monoisotopic (exact) mass is 984 g/mol. The molecule has 1 amide bonds. The summed E-state index contributed by atoms with van der Waals surface area (Å²) >= 11 is 0. The normalized spacial score (nSPS) is 20.4. The lowest BCUT2D eigenvalue weighted by Crippen LogP contribution is -2.61. The van der Waals surface area contributed by atoms with E-state index in [2.05, 4.69) is 80.8 Å². The number of carbonyl (C=O) groups excluding carboxylic acids is 2. The molecule has 0 bridgehead atoms. The Bertz CT molecular complexity index is 1460. The summed E-state index contributed by atoms with van der Waals surface area (Å²) < 4.78 is 17.5. The van der Waals surface area contributed by atoms with Crippen molar-refractivity contribution in [1.82, 2.24) is 5.32 Å². The van der Waals surface area contributed by atoms with E-state index < -0.39 is 67.4 Å². The van der Waals surface area contributed by atoms with Crippen molar-refractivity contribution in [2.24, 2.45) is 0 Å². The van der Waals surface area contributed by atoms with Crippen LogP contribution in [0.2, 0.25) is 0 Å². The summed E-state index contributed by atoms with van der Waals surface area (Å²) in [7, 11) is 0. The number of hydrogen-bond donors (Lipinski definition) is 6. The molecule has 1 fully saturated rings. The number of aliphatic hydroxyl groups is 5. The van der Waals surface area contributed by atoms with Crippen LogP contribution in [0.4, 0.5) is 0 Å². The number of amides is 1. The highest BCUT2D eigenvalue weighted by atomic mass is 16.7. The van der Waals surface area contributed by atoms with Crippen molar-refractivity contribution in [1.29, 1.82) is 0 Å². The molecular weight excluding hydrogens is 883 g/mol. The molecule has 402 valence electrons. The van der Waals surface area contributed by atoms with Crippen molar-refractivity contribution in [3.05, 3.63) is 85.1 Å². The van der Waals surface area contributed by atoms with E-state index >= 15 is 0 Å². The predicted molar refractivity (Wildman–Crippen MR) is 287 cm³/mol. The minimum atomic E-state index is -1.63. The lowest BCUT2D eigenvalue weighted by atomic mass is 9.99. The van der Waals surface area contributed by atoms with Gasteiger partial charge in [0.15, 0.2) is 12.4 Å². The van der Waals surface area contributed by atoms with Gasteiger partial charge >= 0.3 is 5.97 Å². The minimum Gasteiger partial charge on any atom is -0.454 e. The van der Waals surface area contributed by atoms with Crippen molar-refractivity contribution < 1.29 is 49.3 Å². The van der Waals surface area contributed by atoms with Crippen molar-refractivity contribution in [3.8, 4) is 0 Å². The molecule has 1 rings (SSSR count). The summed E-state index contributed by atoms with van der Waals surface area (Å²) in [4.78, 5) is 26.3. The predicted octanol–water partition coefficient (Wildman–Crippen LogP) is 12.2. The molecule has 0 aromatic carbocycles. The lowest BCUT2D eigenvalue weighted by molar-refractivity contribution is -0.305. The van der Waals surface area contributed by atoms with Gasteiger partial charge in [-0.25, -0.2) is 0 Å². The Morgan fingerprint density at radius 2 is 1.01 bits per heavy atom. The van der Waals surface area contributed by atoms with Gasteiger partial charge in [-0.15, -0.1) is 0 Å². The van der Waals surface area contributed by atoms with Gasteiger partial charge in [0.2, 0.25) is 5.91 Å². The summed E-state index contributed by atoms with van der Waals surface area (Å²) in [5, 5.41) is 56.6. The average Bonchev–Trinajstić information content (AvgIpc) is 3.36. The van der Waals surface area contributed by atoms with E-state index in [0.29, 0.717) is 12.8 Å². The van der Waals surface area contributed by atoms with Gasteiger partial charge in [0.1, 0.15) is 24.4 Å². The molecule has 0 aliphatic carbocycles. The standard InChI is InChI=1S/C59H101NO10/c1-4-7-10-13-16-19-22-24-25-26-27-28-29-32-34-37-40-43-46-52(63)58(67)60-50(51(62)45-42-39-36-33-31-23-20-17-14-11-8-5-2)49-68-59-57(56(66)55(65)53(48-61)69-59)70-54(64)47-44-41-38-35-30-21-18-15-12-9-6-3/h7,10,16,19,24-25,27-28,32,34,40,42-43,45,50-53,55-57,59,61-63,65-66H,4-6,8-9,11-15,17-18,20-23,26,29-31,33,35-39,41,44,46-49H2,1-3H3,(H,60,67)/b10-7-,19-16-,25-24-,28-27-,34-32-,43-40-,45-42+. The smallest absolute Gasteiger partial charge is 0.306 e. The van der Waals surface area contributed by atoms with Crippen LogP contribution in [0.1, 0.15) is 213 Å². The molecule has 1 aliphatic rings. The number of rotatable bonds is 45. The first-order valence-corrected chi connectivity index (χ1v) is 27.9. The van der Waals surface area contributed by atoms with Crippen LogP contribution in [-0.4, -0.2) is 99.6 Å². The van der Waals surface area contributed by atoms with Gasteiger partial charge in [0, 0.05) is 12.8 Å². The van der Waals surface area contributed by atoms with Crippen LogP contribution < -0.4 is 5.32 Å². The third-order valence-corrected chi connectivity index (χ3v) is 12.6. The second kappa shape index (κ2) is 46.9. The summed E-state index contributed by atoms with van der Waals surface area (Å²) in [6.45, 7) is 5.59. The van der Waals surface area contributed by atoms with Crippen LogP contribution in [-0.2, 0) is 23.8 Å². The van der Waals surface area contributed by atoms with Crippen LogP contribution in [0.25, 0.3) is 0 Å². The second-order valence-electron chi connectivity index (χ2n) is 19.0.